The van der Waals surface area contributed by atoms with E-state index in [9.17, 15) is 29.7 Å². The zero-order chi connectivity index (χ0) is 16.2. The van der Waals surface area contributed by atoms with Crippen molar-refractivity contribution in [3.63, 3.8) is 0 Å². The fourth-order valence-electron chi connectivity index (χ4n) is 1.68. The lowest BCUT2D eigenvalue weighted by molar-refractivity contribution is -0.346. The number of hydrogen-bond donors (Lipinski definition) is 5. The molecule has 1 heterocycles. The minimum Gasteiger partial charge on any atom is -0.790 e. The molecule has 126 valence electrons. The highest BCUT2D eigenvalue weighted by Gasteiger charge is 2.44. The summed E-state index contributed by atoms with van der Waals surface area (Å²) in [6.45, 7) is -2.27. The zero-order valence-electron chi connectivity index (χ0n) is 10.7. The molecule has 0 radical (unpaired) electrons. The molecule has 1 rings (SSSR count). The lowest BCUT2D eigenvalue weighted by Crippen LogP contribution is -2.60. The Kier molecular flexibility index (Phi) is 7.10. The Labute approximate surface area is 119 Å². The molecule has 1 fully saturated rings. The molecule has 0 aliphatic carbocycles. The molecule has 0 bridgehead atoms. The topological polar surface area (TPSA) is 192 Å². The van der Waals surface area contributed by atoms with Crippen molar-refractivity contribution < 1.29 is 53.9 Å². The van der Waals surface area contributed by atoms with Crippen LogP contribution < -0.4 is 9.79 Å². The maximum atomic E-state index is 10.3. The van der Waals surface area contributed by atoms with Gasteiger partial charge in [0.1, 0.15) is 30.5 Å². The molecule has 11 nitrogen and oxygen atoms in total. The van der Waals surface area contributed by atoms with E-state index in [1.165, 1.54) is 0 Å². The first kappa shape index (κ1) is 18.9. The summed E-state index contributed by atoms with van der Waals surface area (Å²) in [4.78, 5) is 20.7. The van der Waals surface area contributed by atoms with Crippen LogP contribution in [-0.4, -0.2) is 82.2 Å². The van der Waals surface area contributed by atoms with Gasteiger partial charge >= 0.3 is 0 Å². The molecule has 0 unspecified atom stereocenters. The normalized spacial score (nSPS) is 35.7. The van der Waals surface area contributed by atoms with Crippen molar-refractivity contribution in [2.24, 2.45) is 0 Å². The average Bonchev–Trinajstić information content (AvgIpc) is 2.42. The van der Waals surface area contributed by atoms with Crippen molar-refractivity contribution in [3.8, 4) is 0 Å². The van der Waals surface area contributed by atoms with E-state index in [4.69, 9.17) is 19.7 Å². The summed E-state index contributed by atoms with van der Waals surface area (Å²) >= 11 is 0. The van der Waals surface area contributed by atoms with Crippen LogP contribution in [0.4, 0.5) is 0 Å². The molecule has 0 aromatic heterocycles. The SMILES string of the molecule is O=P([O-])([O-])OC[C@@H](CO)O[C@H]1O[C@H](CO)[C@@H](O)[C@H](O)[C@H]1O. The molecular formula is C9H17O11P-2. The lowest BCUT2D eigenvalue weighted by atomic mass is 9.99. The van der Waals surface area contributed by atoms with Gasteiger partial charge in [-0.2, -0.15) is 0 Å². The summed E-state index contributed by atoms with van der Waals surface area (Å²) in [6, 6.07) is 0. The number of ether oxygens (including phenoxy) is 2. The van der Waals surface area contributed by atoms with Crippen LogP contribution in [0.2, 0.25) is 0 Å². The van der Waals surface area contributed by atoms with Crippen molar-refractivity contribution in [2.75, 3.05) is 19.8 Å². The van der Waals surface area contributed by atoms with E-state index in [2.05, 4.69) is 4.52 Å². The van der Waals surface area contributed by atoms with Gasteiger partial charge in [-0.1, -0.05) is 0 Å². The molecule has 1 saturated heterocycles. The molecule has 0 aromatic rings. The van der Waals surface area contributed by atoms with Gasteiger partial charge in [0, 0.05) is 0 Å². The Bertz CT molecular complexity index is 358. The first-order valence-corrected chi connectivity index (χ1v) is 7.39. The third-order valence-corrected chi connectivity index (χ3v) is 3.26. The minimum atomic E-state index is -5.27. The maximum absolute atomic E-state index is 10.3. The minimum absolute atomic E-state index is 0.679. The first-order valence-electron chi connectivity index (χ1n) is 5.93. The Hall–Kier alpha value is -0.170. The van der Waals surface area contributed by atoms with E-state index < -0.39 is 64.5 Å². The number of phosphoric acid groups is 1. The van der Waals surface area contributed by atoms with Gasteiger partial charge in [-0.15, -0.1) is 0 Å². The van der Waals surface area contributed by atoms with Crippen molar-refractivity contribution in [2.45, 2.75) is 36.8 Å². The third kappa shape index (κ3) is 5.51. The molecule has 1 aliphatic rings. The molecule has 12 heteroatoms. The number of hydrogen-bond acceptors (Lipinski definition) is 11. The van der Waals surface area contributed by atoms with Gasteiger partial charge in [0.2, 0.25) is 0 Å². The Morgan fingerprint density at radius 1 is 1.14 bits per heavy atom. The number of phosphoric ester groups is 1. The van der Waals surface area contributed by atoms with Gasteiger partial charge in [0.25, 0.3) is 0 Å². The zero-order valence-corrected chi connectivity index (χ0v) is 11.6. The standard InChI is InChI=1S/C9H19O11P/c10-1-4(3-18-21(15,16)17)19-9-8(14)7(13)6(12)5(2-11)20-9/h4-14H,1-3H2,(H2,15,16,17)/p-2/t4-,5-,6-,7+,8-,9+/m1/s1. The van der Waals surface area contributed by atoms with Gasteiger partial charge in [-0.05, 0) is 0 Å². The van der Waals surface area contributed by atoms with E-state index in [1.54, 1.807) is 0 Å². The van der Waals surface area contributed by atoms with E-state index >= 15 is 0 Å². The predicted molar refractivity (Wildman–Crippen MR) is 59.3 cm³/mol. The van der Waals surface area contributed by atoms with Crippen LogP contribution in [0.5, 0.6) is 0 Å². The van der Waals surface area contributed by atoms with E-state index in [0.717, 1.165) is 0 Å². The highest BCUT2D eigenvalue weighted by molar-refractivity contribution is 7.43. The van der Waals surface area contributed by atoms with Gasteiger partial charge in [-0.25, -0.2) is 0 Å². The van der Waals surface area contributed by atoms with Crippen LogP contribution >= 0.6 is 7.82 Å². The fraction of sp³-hybridized carbons (Fsp3) is 1.00. The van der Waals surface area contributed by atoms with Crippen LogP contribution in [-0.2, 0) is 18.6 Å². The number of aliphatic hydroxyl groups is 5. The molecule has 0 amide bonds. The monoisotopic (exact) mass is 332 g/mol. The van der Waals surface area contributed by atoms with Crippen molar-refractivity contribution in [1.82, 2.24) is 0 Å². The van der Waals surface area contributed by atoms with Gasteiger partial charge in [0.15, 0.2) is 6.29 Å². The summed E-state index contributed by atoms with van der Waals surface area (Å²) in [7, 11) is -5.27. The second kappa shape index (κ2) is 7.90. The summed E-state index contributed by atoms with van der Waals surface area (Å²) in [5, 5.41) is 46.6. The maximum Gasteiger partial charge on any atom is 0.187 e. The largest absolute Gasteiger partial charge is 0.790 e. The van der Waals surface area contributed by atoms with Crippen LogP contribution in [0, 0.1) is 0 Å². The summed E-state index contributed by atoms with van der Waals surface area (Å²) < 4.78 is 24.2. The fourth-order valence-corrected chi connectivity index (χ4v) is 2.03. The molecule has 6 atom stereocenters. The molecule has 5 N–H and O–H groups in total. The highest BCUT2D eigenvalue weighted by atomic mass is 31.2. The van der Waals surface area contributed by atoms with Crippen molar-refractivity contribution >= 4 is 7.82 Å². The van der Waals surface area contributed by atoms with E-state index in [1.807, 2.05) is 0 Å². The van der Waals surface area contributed by atoms with Gasteiger partial charge in [0.05, 0.1) is 27.6 Å². The quantitative estimate of drug-likeness (QED) is 0.280. The number of aliphatic hydroxyl groups excluding tert-OH is 5. The molecule has 0 spiro atoms. The van der Waals surface area contributed by atoms with Crippen molar-refractivity contribution in [1.29, 1.82) is 0 Å². The predicted octanol–water partition coefficient (Wildman–Crippen LogP) is -4.99. The third-order valence-electron chi connectivity index (χ3n) is 2.80. The van der Waals surface area contributed by atoms with Crippen LogP contribution in [0.3, 0.4) is 0 Å². The molecule has 1 aliphatic heterocycles. The first-order chi connectivity index (χ1) is 9.69. The number of rotatable bonds is 7. The van der Waals surface area contributed by atoms with Crippen LogP contribution in [0.25, 0.3) is 0 Å². The Morgan fingerprint density at radius 3 is 2.24 bits per heavy atom. The Balaban J connectivity index is 2.63. The summed E-state index contributed by atoms with van der Waals surface area (Å²) in [5.41, 5.74) is 0. The Morgan fingerprint density at radius 2 is 1.76 bits per heavy atom. The van der Waals surface area contributed by atoms with Gasteiger partial charge in [-0.3, -0.25) is 0 Å². The molecular weight excluding hydrogens is 315 g/mol. The van der Waals surface area contributed by atoms with Crippen LogP contribution in [0.15, 0.2) is 0 Å². The molecule has 21 heavy (non-hydrogen) atoms. The smallest absolute Gasteiger partial charge is 0.187 e. The highest BCUT2D eigenvalue weighted by Crippen LogP contribution is 2.26. The summed E-state index contributed by atoms with van der Waals surface area (Å²) in [5.74, 6) is 0. The van der Waals surface area contributed by atoms with Crippen molar-refractivity contribution in [3.05, 3.63) is 0 Å². The second-order valence-electron chi connectivity index (χ2n) is 4.38. The molecule has 0 saturated carbocycles. The van der Waals surface area contributed by atoms with E-state index in [0.29, 0.717) is 0 Å². The summed E-state index contributed by atoms with van der Waals surface area (Å²) in [6.07, 6.45) is -9.13. The van der Waals surface area contributed by atoms with Crippen LogP contribution in [0.1, 0.15) is 0 Å². The second-order valence-corrected chi connectivity index (χ2v) is 5.53. The average molecular weight is 332 g/mol. The lowest BCUT2D eigenvalue weighted by Gasteiger charge is -2.41. The molecule has 0 aromatic carbocycles. The van der Waals surface area contributed by atoms with E-state index in [-0.39, 0.29) is 0 Å². The van der Waals surface area contributed by atoms with Gasteiger partial charge < -0.3 is 53.9 Å².